The van der Waals surface area contributed by atoms with Crippen LogP contribution in [0.4, 0.5) is 5.82 Å². The summed E-state index contributed by atoms with van der Waals surface area (Å²) in [5, 5.41) is 14.3. The van der Waals surface area contributed by atoms with Crippen LogP contribution in [-0.2, 0) is 10.2 Å². The van der Waals surface area contributed by atoms with E-state index in [2.05, 4.69) is 27.9 Å². The van der Waals surface area contributed by atoms with Crippen LogP contribution in [-0.4, -0.2) is 32.1 Å². The smallest absolute Gasteiger partial charge is 0.313 e. The first-order valence-electron chi connectivity index (χ1n) is 9.27. The highest BCUT2D eigenvalue weighted by atomic mass is 32.2. The third kappa shape index (κ3) is 3.78. The molecule has 2 N–H and O–H groups in total. The van der Waals surface area contributed by atoms with Gasteiger partial charge >= 0.3 is 5.97 Å². The minimum atomic E-state index is -1.01. The molecule has 148 valence electrons. The lowest BCUT2D eigenvalue weighted by Gasteiger charge is -2.19. The van der Waals surface area contributed by atoms with Crippen LogP contribution in [0.5, 0.6) is 0 Å². The summed E-state index contributed by atoms with van der Waals surface area (Å²) < 4.78 is 1.92. The van der Waals surface area contributed by atoms with Crippen molar-refractivity contribution >= 4 is 35.1 Å². The van der Waals surface area contributed by atoms with Crippen LogP contribution in [0, 0.1) is 0 Å². The SMILES string of the molecule is CC(C)(C(=O)O)c1ccc(C(=O)Nc2cn3cc(C4C=CSC4)ccc3n2)cc1. The maximum atomic E-state index is 12.6. The number of fused-ring (bicyclic) bond motifs is 1. The number of aliphatic carboxylic acids is 1. The van der Waals surface area contributed by atoms with E-state index in [0.717, 1.165) is 11.4 Å². The van der Waals surface area contributed by atoms with E-state index in [-0.39, 0.29) is 5.91 Å². The highest BCUT2D eigenvalue weighted by Gasteiger charge is 2.29. The Morgan fingerprint density at radius 2 is 1.93 bits per heavy atom. The van der Waals surface area contributed by atoms with Crippen LogP contribution in [0.1, 0.15) is 41.3 Å². The maximum absolute atomic E-state index is 12.6. The standard InChI is InChI=1S/C22H21N3O3S/c1-22(2,21(27)28)17-6-3-14(4-7-17)20(26)24-18-12-25-11-15(5-8-19(25)23-18)16-9-10-29-13-16/h3-12,16H,13H2,1-2H3,(H,24,26)(H,27,28). The molecule has 2 aromatic heterocycles. The van der Waals surface area contributed by atoms with Crippen LogP contribution < -0.4 is 5.32 Å². The summed E-state index contributed by atoms with van der Waals surface area (Å²) in [4.78, 5) is 28.4. The number of amides is 1. The molecule has 7 heteroatoms. The Bertz CT molecular complexity index is 1120. The number of carbonyl (C=O) groups excluding carboxylic acids is 1. The van der Waals surface area contributed by atoms with Crippen molar-refractivity contribution < 1.29 is 14.7 Å². The minimum Gasteiger partial charge on any atom is -0.481 e. The van der Waals surface area contributed by atoms with Gasteiger partial charge in [0.05, 0.1) is 11.6 Å². The number of rotatable bonds is 5. The lowest BCUT2D eigenvalue weighted by molar-refractivity contribution is -0.142. The summed E-state index contributed by atoms with van der Waals surface area (Å²) in [7, 11) is 0. The van der Waals surface area contributed by atoms with E-state index in [0.29, 0.717) is 22.9 Å². The van der Waals surface area contributed by atoms with E-state index in [1.807, 2.05) is 16.7 Å². The van der Waals surface area contributed by atoms with Gasteiger partial charge in [0, 0.05) is 23.4 Å². The molecule has 4 rings (SSSR count). The molecule has 1 atom stereocenters. The van der Waals surface area contributed by atoms with Gasteiger partial charge < -0.3 is 14.8 Å². The molecule has 0 saturated carbocycles. The van der Waals surface area contributed by atoms with Crippen molar-refractivity contribution in [1.29, 1.82) is 0 Å². The largest absolute Gasteiger partial charge is 0.481 e. The number of allylic oxidation sites excluding steroid dienone is 1. The lowest BCUT2D eigenvalue weighted by atomic mass is 9.84. The molecule has 3 heterocycles. The number of nitrogens with one attached hydrogen (secondary N) is 1. The summed E-state index contributed by atoms with van der Waals surface area (Å²) >= 11 is 1.80. The number of pyridine rings is 1. The average molecular weight is 407 g/mol. The zero-order valence-electron chi connectivity index (χ0n) is 16.1. The third-order valence-electron chi connectivity index (χ3n) is 5.23. The van der Waals surface area contributed by atoms with Crippen LogP contribution in [0.3, 0.4) is 0 Å². The molecule has 1 aliphatic rings. The molecular weight excluding hydrogens is 386 g/mol. The number of carboxylic acid groups (broad SMARTS) is 1. The lowest BCUT2D eigenvalue weighted by Crippen LogP contribution is -2.28. The van der Waals surface area contributed by atoms with E-state index in [1.54, 1.807) is 56.1 Å². The number of benzene rings is 1. The van der Waals surface area contributed by atoms with Gasteiger partial charge in [0.2, 0.25) is 0 Å². The topological polar surface area (TPSA) is 83.7 Å². The first-order chi connectivity index (χ1) is 13.8. The van der Waals surface area contributed by atoms with Gasteiger partial charge in [0.1, 0.15) is 5.65 Å². The zero-order chi connectivity index (χ0) is 20.6. The Morgan fingerprint density at radius 3 is 2.59 bits per heavy atom. The Balaban J connectivity index is 1.51. The van der Waals surface area contributed by atoms with Crippen molar-refractivity contribution in [3.8, 4) is 0 Å². The van der Waals surface area contributed by atoms with Crippen molar-refractivity contribution in [1.82, 2.24) is 9.38 Å². The van der Waals surface area contributed by atoms with Gasteiger partial charge in [-0.15, -0.1) is 11.8 Å². The number of nitrogens with zero attached hydrogens (tertiary/aromatic N) is 2. The van der Waals surface area contributed by atoms with E-state index in [1.165, 1.54) is 5.56 Å². The van der Waals surface area contributed by atoms with E-state index in [4.69, 9.17) is 0 Å². The minimum absolute atomic E-state index is 0.288. The van der Waals surface area contributed by atoms with Gasteiger partial charge in [0.25, 0.3) is 5.91 Å². The van der Waals surface area contributed by atoms with Crippen molar-refractivity contribution in [3.63, 3.8) is 0 Å². The van der Waals surface area contributed by atoms with Crippen molar-refractivity contribution in [2.75, 3.05) is 11.1 Å². The molecule has 1 amide bonds. The van der Waals surface area contributed by atoms with Crippen LogP contribution in [0.15, 0.2) is 60.3 Å². The monoisotopic (exact) mass is 407 g/mol. The molecular formula is C22H21N3O3S. The molecule has 0 fully saturated rings. The molecule has 1 aromatic carbocycles. The van der Waals surface area contributed by atoms with Gasteiger partial charge in [-0.3, -0.25) is 9.59 Å². The first kappa shape index (κ1) is 19.3. The molecule has 0 aliphatic carbocycles. The van der Waals surface area contributed by atoms with E-state index >= 15 is 0 Å². The van der Waals surface area contributed by atoms with Crippen molar-refractivity contribution in [2.45, 2.75) is 25.2 Å². The molecule has 1 aliphatic heterocycles. The average Bonchev–Trinajstić information content (AvgIpc) is 3.36. The second-order valence-electron chi connectivity index (χ2n) is 7.58. The Hall–Kier alpha value is -3.06. The number of hydrogen-bond acceptors (Lipinski definition) is 4. The molecule has 0 spiro atoms. The predicted molar refractivity (Wildman–Crippen MR) is 115 cm³/mol. The van der Waals surface area contributed by atoms with Crippen molar-refractivity contribution in [3.05, 3.63) is 77.0 Å². The van der Waals surface area contributed by atoms with Gasteiger partial charge in [-0.1, -0.05) is 24.3 Å². The Morgan fingerprint density at radius 1 is 1.17 bits per heavy atom. The second-order valence-corrected chi connectivity index (χ2v) is 8.52. The molecule has 6 nitrogen and oxygen atoms in total. The Labute approximate surface area is 172 Å². The van der Waals surface area contributed by atoms with Gasteiger partial charge in [-0.25, -0.2) is 4.98 Å². The van der Waals surface area contributed by atoms with E-state index < -0.39 is 11.4 Å². The molecule has 3 aromatic rings. The number of thioether (sulfide) groups is 1. The maximum Gasteiger partial charge on any atom is 0.313 e. The predicted octanol–water partition coefficient (Wildman–Crippen LogP) is 4.29. The quantitative estimate of drug-likeness (QED) is 0.659. The van der Waals surface area contributed by atoms with Gasteiger partial charge in [0.15, 0.2) is 5.82 Å². The molecule has 0 saturated heterocycles. The second kappa shape index (κ2) is 7.40. The molecule has 1 unspecified atom stereocenters. The summed E-state index contributed by atoms with van der Waals surface area (Å²) in [5.41, 5.74) is 2.05. The molecule has 29 heavy (non-hydrogen) atoms. The summed E-state index contributed by atoms with van der Waals surface area (Å²) in [6.45, 7) is 3.27. The molecule has 0 radical (unpaired) electrons. The normalized spacial score (nSPS) is 16.3. The fourth-order valence-electron chi connectivity index (χ4n) is 3.21. The number of aromatic nitrogens is 2. The fourth-order valence-corrected chi connectivity index (χ4v) is 4.13. The van der Waals surface area contributed by atoms with Crippen LogP contribution >= 0.6 is 11.8 Å². The highest BCUT2D eigenvalue weighted by molar-refractivity contribution is 8.02. The summed E-state index contributed by atoms with van der Waals surface area (Å²) in [6, 6.07) is 10.6. The Kier molecular flexibility index (Phi) is 4.92. The van der Waals surface area contributed by atoms with E-state index in [9.17, 15) is 14.7 Å². The number of carboxylic acids is 1. The van der Waals surface area contributed by atoms with Crippen LogP contribution in [0.2, 0.25) is 0 Å². The number of imidazole rings is 1. The fraction of sp³-hybridized carbons (Fsp3) is 0.227. The number of anilines is 1. The number of hydrogen-bond donors (Lipinski definition) is 2. The summed E-state index contributed by atoms with van der Waals surface area (Å²) in [6.07, 6.45) is 6.03. The first-order valence-corrected chi connectivity index (χ1v) is 10.3. The van der Waals surface area contributed by atoms with Gasteiger partial charge in [-0.2, -0.15) is 0 Å². The number of carbonyl (C=O) groups is 2. The van der Waals surface area contributed by atoms with Crippen molar-refractivity contribution in [2.24, 2.45) is 0 Å². The summed E-state index contributed by atoms with van der Waals surface area (Å²) in [5.74, 6) is 0.712. The zero-order valence-corrected chi connectivity index (χ0v) is 16.9. The van der Waals surface area contributed by atoms with Crippen LogP contribution in [0.25, 0.3) is 5.65 Å². The molecule has 0 bridgehead atoms. The third-order valence-corrected chi connectivity index (χ3v) is 6.13. The van der Waals surface area contributed by atoms with Gasteiger partial charge in [-0.05, 0) is 48.6 Å². The highest BCUT2D eigenvalue weighted by Crippen LogP contribution is 2.30.